The smallest absolute Gasteiger partial charge is 0.293 e. The van der Waals surface area contributed by atoms with Gasteiger partial charge in [0.05, 0.1) is 79.6 Å². The maximum Gasteiger partial charge on any atom is 0.293 e. The van der Waals surface area contributed by atoms with Gasteiger partial charge in [0.25, 0.3) is 12.2 Å². The molecule has 14 aromatic rings. The average Bonchev–Trinajstić information content (AvgIpc) is 1.61. The number of carbonyl (C=O) groups is 4. The summed E-state index contributed by atoms with van der Waals surface area (Å²) in [5, 5.41) is 40.6. The first-order chi connectivity index (χ1) is 68.7. The van der Waals surface area contributed by atoms with Crippen molar-refractivity contribution in [1.82, 2.24) is 19.9 Å². The fraction of sp³-hybridized carbons (Fsp3) is 0.205. The van der Waals surface area contributed by atoms with Crippen LogP contribution in [0.3, 0.4) is 0 Å². The van der Waals surface area contributed by atoms with E-state index in [1.807, 2.05) is 183 Å². The maximum absolute atomic E-state index is 10.0. The summed E-state index contributed by atoms with van der Waals surface area (Å²) in [6.07, 6.45) is 28.8. The van der Waals surface area contributed by atoms with Crippen LogP contribution >= 0.6 is 22.7 Å². The van der Waals surface area contributed by atoms with Crippen LogP contribution in [-0.2, 0) is 127 Å². The second-order valence-corrected chi connectivity index (χ2v) is 35.3. The molecule has 25 heteroatoms. The molecule has 0 spiro atoms. The Morgan fingerprint density at radius 2 is 0.728 bits per heavy atom. The van der Waals surface area contributed by atoms with Gasteiger partial charge in [-0.1, -0.05) is 165 Å². The number of fused-ring (bicyclic) bond motifs is 8. The SMILES string of the molecule is CC(=O)C=C(C)O.CC(=O)C=C(C)O.CC(=O)C=C(C)O.CC(=O)C=C(C)O.CCC1=C(CC)C2=NC1=CC1=NC(=CC3=NC(=CC4=NC(=C2)C(CC)=C4CC)C(CC)=C3CC)C(CC)=C1CC.[Ir].[Ir].[Ir].[Ir].[Pt].[c-]1c(-c2ccccn2)sc2ccccc12.[c-]1c(-c2ccccn2)sc2ccccc12.[c-]1ccccc1-c1ccc2ccccc2n1.[c-]1ccccc1-c1nccc2ccccc12.c1cc2c3c(c1)ccc[n+]3CO2. The molecule has 0 atom stereocenters. The molecule has 13 heterocycles. The summed E-state index contributed by atoms with van der Waals surface area (Å²) in [6.45, 7) is 30.0. The molecule has 147 heavy (non-hydrogen) atoms. The molecule has 6 aliphatic rings. The van der Waals surface area contributed by atoms with Gasteiger partial charge in [-0.25, -0.2) is 42.6 Å². The van der Waals surface area contributed by atoms with Crippen molar-refractivity contribution in [3.05, 3.63) is 419 Å². The number of aromatic nitrogens is 5. The molecule has 0 saturated heterocycles. The van der Waals surface area contributed by atoms with E-state index < -0.39 is 0 Å². The first kappa shape index (κ1) is 123. The fourth-order valence-electron chi connectivity index (χ4n) is 16.5. The van der Waals surface area contributed by atoms with Crippen LogP contribution in [0.1, 0.15) is 162 Å². The summed E-state index contributed by atoms with van der Waals surface area (Å²) in [5.74, 6) is 0.744. The number of para-hydroxylation sites is 2. The minimum Gasteiger partial charge on any atom is -0.512 e. The van der Waals surface area contributed by atoms with E-state index >= 15 is 0 Å². The summed E-state index contributed by atoms with van der Waals surface area (Å²) >= 11 is 3.46. The van der Waals surface area contributed by atoms with Crippen LogP contribution in [0.25, 0.3) is 96.4 Å². The molecule has 0 fully saturated rings. The van der Waals surface area contributed by atoms with Gasteiger partial charge in [0.15, 0.2) is 35.1 Å². The second-order valence-electron chi connectivity index (χ2n) is 33.2. The van der Waals surface area contributed by atoms with Crippen molar-refractivity contribution in [3.63, 3.8) is 0 Å². The molecule has 18 nitrogen and oxygen atoms in total. The predicted molar refractivity (Wildman–Crippen MR) is 585 cm³/mol. The Hall–Kier alpha value is -12.5. The summed E-state index contributed by atoms with van der Waals surface area (Å²) in [7, 11) is 0. The van der Waals surface area contributed by atoms with Crippen molar-refractivity contribution in [2.45, 2.75) is 169 Å². The Morgan fingerprint density at radius 3 is 1.10 bits per heavy atom. The summed E-state index contributed by atoms with van der Waals surface area (Å²) in [6, 6.07) is 90.3. The van der Waals surface area contributed by atoms with Gasteiger partial charge < -0.3 is 40.1 Å². The van der Waals surface area contributed by atoms with E-state index in [1.165, 1.54) is 172 Å². The number of aliphatic imine (C=N–C) groups is 4. The quantitative estimate of drug-likeness (QED) is 0.0304. The number of aliphatic hydroxyl groups is 4. The van der Waals surface area contributed by atoms with Crippen LogP contribution in [0.5, 0.6) is 5.75 Å². The molecule has 4 radical (unpaired) electrons. The molecule has 7 aromatic carbocycles. The number of allylic oxidation sites excluding steroid dienone is 20. The normalized spacial score (nSPS) is 13.3. The number of ether oxygens (including phenoxy) is 1. The first-order valence-electron chi connectivity index (χ1n) is 47.6. The Kier molecular flexibility index (Phi) is 52.5. The molecular weight excluding hydrogens is 2760 g/mol. The number of aliphatic hydroxyl groups excluding tert-OH is 4. The van der Waals surface area contributed by atoms with Crippen LogP contribution in [-0.4, -0.2) is 86.3 Å². The van der Waals surface area contributed by atoms with E-state index in [1.54, 1.807) is 22.7 Å². The van der Waals surface area contributed by atoms with E-state index in [0.717, 1.165) is 152 Å². The zero-order valence-electron chi connectivity index (χ0n) is 85.1. The standard InChI is InChI=1S/C36H44N4.2C15H10N.2C13H8NS.C10H8NO.4C5H8O2.4Ir.Pt/c1-9-21-22(10-2)30-18-32-25(13-5)26(14-6)34(39-32)20-36-28(16-8)27(15-7)35(40-36)19-33-24(12-4)23(11-3)31(38-33)17-29(21)37-30;1-2-7-13(8-3-1)15-14-9-5-4-6-12(14)10-11-16-15;1-2-6-12(7-3-1)15-11-10-13-8-4-5-9-14(13)16-15;2*1-2-7-12-10(5-1)9-13(15-12)11-6-3-4-8-14-11;1-3-8-4-2-6-11-7-12-9(5-1)10(8)11;4*1-4(6)3-5(2)7;;;;;/h17-20H,9-16H2,1-8H3;1-7,9-11H;1-6,8-11H;2*1-8H;1-6H,7H2;4*3,6H,1-2H3;;;;;/q;4*-1;+1;;;;;;;;;. The molecule has 8 bridgehead atoms. The van der Waals surface area contributed by atoms with Crippen molar-refractivity contribution in [1.29, 1.82) is 0 Å². The molecule has 0 unspecified atom stereocenters. The molecule has 0 aliphatic carbocycles. The number of hydrogen-bond acceptors (Lipinski definition) is 19. The molecule has 4 N–H and O–H groups in total. The van der Waals surface area contributed by atoms with Gasteiger partial charge in [-0.2, -0.15) is 4.57 Å². The molecular formula is C122H120Ir4N9O9PtS2-3. The minimum absolute atomic E-state index is 0. The van der Waals surface area contributed by atoms with Crippen molar-refractivity contribution < 1.29 is 150 Å². The van der Waals surface area contributed by atoms with E-state index in [9.17, 15) is 19.2 Å². The zero-order chi connectivity index (χ0) is 102. The maximum atomic E-state index is 10.0. The van der Waals surface area contributed by atoms with Gasteiger partial charge in [0.1, 0.15) is 0 Å². The average molecular weight is 2880 g/mol. The molecule has 768 valence electrons. The van der Waals surface area contributed by atoms with E-state index in [2.05, 4.69) is 201 Å². The van der Waals surface area contributed by atoms with Crippen LogP contribution in [0.2, 0.25) is 0 Å². The molecule has 0 amide bonds. The van der Waals surface area contributed by atoms with E-state index in [-0.39, 0.29) is 148 Å². The number of pyridine rings is 5. The van der Waals surface area contributed by atoms with Gasteiger partial charge in [-0.05, 0) is 265 Å². The van der Waals surface area contributed by atoms with Gasteiger partial charge in [0.2, 0.25) is 0 Å². The van der Waals surface area contributed by atoms with Gasteiger partial charge in [0, 0.05) is 162 Å². The van der Waals surface area contributed by atoms with Crippen LogP contribution in [0.15, 0.2) is 414 Å². The molecule has 6 aliphatic heterocycles. The monoisotopic (exact) mass is 2890 g/mol. The Labute approximate surface area is 939 Å². The van der Waals surface area contributed by atoms with Gasteiger partial charge in [-0.15, -0.1) is 119 Å². The number of nitrogens with zero attached hydrogens (tertiary/aromatic N) is 9. The summed E-state index contributed by atoms with van der Waals surface area (Å²) in [4.78, 5) is 81.0. The first-order valence-corrected chi connectivity index (χ1v) is 49.3. The van der Waals surface area contributed by atoms with Crippen molar-refractivity contribution in [2.24, 2.45) is 20.0 Å². The Bertz CT molecular complexity index is 6870. The van der Waals surface area contributed by atoms with Gasteiger partial charge in [-0.3, -0.25) is 24.2 Å². The predicted octanol–water partition coefficient (Wildman–Crippen LogP) is 30.4. The Morgan fingerprint density at radius 1 is 0.361 bits per heavy atom. The number of carbonyl (C=O) groups excluding carboxylic acids is 4. The molecule has 20 rings (SSSR count). The van der Waals surface area contributed by atoms with Crippen molar-refractivity contribution >= 4 is 121 Å². The van der Waals surface area contributed by atoms with Crippen LogP contribution in [0.4, 0.5) is 0 Å². The number of rotatable bonds is 16. The summed E-state index contributed by atoms with van der Waals surface area (Å²) in [5.41, 5.74) is 27.4. The van der Waals surface area contributed by atoms with Crippen molar-refractivity contribution in [2.75, 3.05) is 0 Å². The van der Waals surface area contributed by atoms with Crippen molar-refractivity contribution in [3.8, 4) is 49.4 Å². The zero-order valence-corrected chi connectivity index (χ0v) is 98.5. The molecule has 0 saturated carbocycles. The third-order valence-electron chi connectivity index (χ3n) is 22.4. The third-order valence-corrected chi connectivity index (χ3v) is 24.6. The molecule has 7 aromatic heterocycles. The number of ketones is 4. The fourth-order valence-corrected chi connectivity index (χ4v) is 18.4. The van der Waals surface area contributed by atoms with E-state index in [4.69, 9.17) is 45.1 Å². The number of hydrogen-bond donors (Lipinski definition) is 4. The Balaban J connectivity index is 0.000000265. The van der Waals surface area contributed by atoms with Crippen LogP contribution < -0.4 is 9.30 Å². The minimum atomic E-state index is -0.125. The van der Waals surface area contributed by atoms with E-state index in [0.29, 0.717) is 6.73 Å². The van der Waals surface area contributed by atoms with Gasteiger partial charge >= 0.3 is 0 Å². The topological polar surface area (TPSA) is 263 Å². The summed E-state index contributed by atoms with van der Waals surface area (Å²) < 4.78 is 10.1. The second kappa shape index (κ2) is 62.6. The number of benzene rings is 7. The third kappa shape index (κ3) is 35.4. The van der Waals surface area contributed by atoms with Crippen LogP contribution in [0, 0.1) is 24.3 Å². The largest absolute Gasteiger partial charge is 0.512 e. The number of thiophene rings is 2.